The molecule has 0 spiro atoms. The van der Waals surface area contributed by atoms with Crippen LogP contribution in [0.1, 0.15) is 87.5 Å². The van der Waals surface area contributed by atoms with Crippen molar-refractivity contribution in [1.82, 2.24) is 24.3 Å². The number of hydrogen-bond acceptors (Lipinski definition) is 14. The van der Waals surface area contributed by atoms with E-state index in [4.69, 9.17) is 28.4 Å². The Bertz CT molecular complexity index is 1810. The molecule has 0 bridgehead atoms. The first-order valence-electron chi connectivity index (χ1n) is 21.3. The first-order chi connectivity index (χ1) is 28.3. The van der Waals surface area contributed by atoms with Gasteiger partial charge in [0.25, 0.3) is 0 Å². The summed E-state index contributed by atoms with van der Waals surface area (Å²) in [4.78, 5) is 69.2. The molecule has 0 radical (unpaired) electrons. The molecule has 1 N–H and O–H groups in total. The third-order valence-electron chi connectivity index (χ3n) is 13.1. The predicted molar refractivity (Wildman–Crippen MR) is 221 cm³/mol. The second kappa shape index (κ2) is 19.4. The minimum absolute atomic E-state index is 0.123. The lowest BCUT2D eigenvalue weighted by molar-refractivity contribution is -0.295. The molecule has 5 heterocycles. The van der Waals surface area contributed by atoms with Crippen molar-refractivity contribution in [2.45, 2.75) is 148 Å². The van der Waals surface area contributed by atoms with Gasteiger partial charge in [-0.3, -0.25) is 14.4 Å². The van der Waals surface area contributed by atoms with Gasteiger partial charge in [-0.25, -0.2) is 14.8 Å². The summed E-state index contributed by atoms with van der Waals surface area (Å²) in [6, 6.07) is 2.59. The number of ketones is 2. The van der Waals surface area contributed by atoms with Gasteiger partial charge in [0.2, 0.25) is 5.88 Å². The summed E-state index contributed by atoms with van der Waals surface area (Å²) in [5.41, 5.74) is -1.06. The Labute approximate surface area is 354 Å². The summed E-state index contributed by atoms with van der Waals surface area (Å²) < 4.78 is 38.4. The van der Waals surface area contributed by atoms with Gasteiger partial charge in [0.05, 0.1) is 43.0 Å². The molecule has 0 aromatic carbocycles. The van der Waals surface area contributed by atoms with E-state index in [9.17, 15) is 24.3 Å². The zero-order valence-electron chi connectivity index (χ0n) is 37.5. The fraction of sp³-hybridized carbons (Fsp3) is 0.727. The van der Waals surface area contributed by atoms with E-state index in [1.165, 1.54) is 14.0 Å². The van der Waals surface area contributed by atoms with E-state index >= 15 is 0 Å². The first kappa shape index (κ1) is 47.1. The summed E-state index contributed by atoms with van der Waals surface area (Å²) in [7, 11) is 6.80. The number of nitrogens with zero attached hydrogens (tertiary/aromatic N) is 5. The number of Topliss-reactive ketones (excluding diaryl/α,β-unsaturated/α-hetero) is 2. The molecule has 2 unspecified atom stereocenters. The normalized spacial score (nSPS) is 35.8. The van der Waals surface area contributed by atoms with E-state index in [1.807, 2.05) is 56.6 Å². The minimum Gasteiger partial charge on any atom is -0.481 e. The standard InChI is InChI=1S/C44H67N5O11/c1-13-33-44(8)38(49(42(54)60-44)19-15-14-18-48-23-31(46-24-48)30-16-17-34(55-11)45-22-30)27(4)35(50)25(2)21-43(7,56-12)39(28(5)36(51)29(6)40(53)58-33)59-41-37(52)32(47(9)10)20-26(3)57-41/h16-17,22-29,32-33,37-39,41,52H,13-15,18-21H2,1-12H3/t25-,26-,27+,28+,29-,32+,33-,37-,38-,39?,41?,43+,44-/m1/s1. The summed E-state index contributed by atoms with van der Waals surface area (Å²) in [6.07, 6.45) is 2.55. The molecule has 334 valence electrons. The van der Waals surface area contributed by atoms with E-state index < -0.39 is 83.4 Å². The number of aromatic nitrogens is 3. The molecule has 60 heavy (non-hydrogen) atoms. The Balaban J connectivity index is 1.42. The Morgan fingerprint density at radius 1 is 0.967 bits per heavy atom. The monoisotopic (exact) mass is 841 g/mol. The quantitative estimate of drug-likeness (QED) is 0.173. The fourth-order valence-corrected chi connectivity index (χ4v) is 9.57. The molecule has 16 heteroatoms. The minimum atomic E-state index is -1.41. The SMILES string of the molecule is CC[C@H]1OC(=O)[C@H](C)C(=O)[C@H](C)C(OC2O[C@H](C)C[C@H](N(C)C)[C@H]2O)[C@@](C)(OC)C[C@@H](C)C(=O)[C@H](C)[C@H]2N(CCCCn3cnc(-c4ccc(OC)nc4)c3)C(=O)O[C@]12C. The number of aliphatic hydroxyl groups is 1. The highest BCUT2D eigenvalue weighted by Gasteiger charge is 2.60. The van der Waals surface area contributed by atoms with Crippen molar-refractivity contribution < 1.29 is 52.7 Å². The van der Waals surface area contributed by atoms with Crippen LogP contribution in [0, 0.1) is 23.7 Å². The molecule has 2 aromatic heterocycles. The second-order valence-corrected chi connectivity index (χ2v) is 17.7. The zero-order chi connectivity index (χ0) is 44.3. The molecule has 3 fully saturated rings. The third kappa shape index (κ3) is 9.72. The van der Waals surface area contributed by atoms with Crippen LogP contribution in [0.25, 0.3) is 11.3 Å². The van der Waals surface area contributed by atoms with Crippen molar-refractivity contribution >= 4 is 23.6 Å². The molecule has 0 saturated carbocycles. The summed E-state index contributed by atoms with van der Waals surface area (Å²) in [5.74, 6) is -4.48. The van der Waals surface area contributed by atoms with Crippen LogP contribution in [0.3, 0.4) is 0 Å². The maximum Gasteiger partial charge on any atom is 0.410 e. The number of aryl methyl sites for hydroxylation is 1. The smallest absolute Gasteiger partial charge is 0.410 e. The maximum absolute atomic E-state index is 14.7. The van der Waals surface area contributed by atoms with Crippen LogP contribution < -0.4 is 4.74 Å². The Hall–Kier alpha value is -3.96. The number of imidazole rings is 1. The molecule has 13 atom stereocenters. The van der Waals surface area contributed by atoms with E-state index in [0.717, 1.165) is 11.3 Å². The second-order valence-electron chi connectivity index (χ2n) is 17.7. The lowest BCUT2D eigenvalue weighted by Crippen LogP contribution is -2.60. The number of hydrogen-bond donors (Lipinski definition) is 1. The van der Waals surface area contributed by atoms with Crippen molar-refractivity contribution in [1.29, 1.82) is 0 Å². The molecule has 5 rings (SSSR count). The van der Waals surface area contributed by atoms with Crippen molar-refractivity contribution in [2.75, 3.05) is 34.9 Å². The molecule has 1 amide bonds. The number of pyridine rings is 1. The molecule has 0 aliphatic carbocycles. The Kier molecular flexibility index (Phi) is 15.2. The van der Waals surface area contributed by atoms with Gasteiger partial charge in [-0.05, 0) is 80.0 Å². The van der Waals surface area contributed by atoms with Crippen molar-refractivity contribution in [2.24, 2.45) is 23.7 Å². The van der Waals surface area contributed by atoms with Crippen LogP contribution >= 0.6 is 0 Å². The van der Waals surface area contributed by atoms with Crippen LogP contribution in [-0.2, 0) is 44.6 Å². The number of rotatable bonds is 12. The van der Waals surface area contributed by atoms with Gasteiger partial charge in [0, 0.05) is 68.0 Å². The highest BCUT2D eigenvalue weighted by molar-refractivity contribution is 6.00. The largest absolute Gasteiger partial charge is 0.481 e. The van der Waals surface area contributed by atoms with Crippen molar-refractivity contribution in [3.8, 4) is 17.1 Å². The van der Waals surface area contributed by atoms with E-state index in [0.29, 0.717) is 31.7 Å². The summed E-state index contributed by atoms with van der Waals surface area (Å²) in [5, 5.41) is 11.5. The topological polar surface area (TPSA) is 181 Å². The van der Waals surface area contributed by atoms with Crippen LogP contribution in [0.15, 0.2) is 30.9 Å². The molecule has 3 saturated heterocycles. The van der Waals surface area contributed by atoms with E-state index in [2.05, 4.69) is 9.97 Å². The zero-order valence-corrected chi connectivity index (χ0v) is 37.5. The lowest BCUT2D eigenvalue weighted by Gasteiger charge is -2.47. The van der Waals surface area contributed by atoms with Crippen molar-refractivity contribution in [3.05, 3.63) is 30.9 Å². The number of ether oxygens (including phenoxy) is 6. The average molecular weight is 842 g/mol. The van der Waals surface area contributed by atoms with Gasteiger partial charge < -0.3 is 47.9 Å². The number of carbonyl (C=O) groups is 4. The number of cyclic esters (lactones) is 1. The van der Waals surface area contributed by atoms with Gasteiger partial charge in [-0.1, -0.05) is 27.7 Å². The van der Waals surface area contributed by atoms with Gasteiger partial charge in [-0.2, -0.15) is 0 Å². The van der Waals surface area contributed by atoms with Gasteiger partial charge in [-0.15, -0.1) is 0 Å². The van der Waals surface area contributed by atoms with Crippen LogP contribution in [-0.4, -0.2) is 142 Å². The van der Waals surface area contributed by atoms with E-state index in [-0.39, 0.29) is 37.3 Å². The van der Waals surface area contributed by atoms with Crippen LogP contribution in [0.5, 0.6) is 5.88 Å². The van der Waals surface area contributed by atoms with Crippen LogP contribution in [0.4, 0.5) is 4.79 Å². The molecule has 3 aliphatic rings. The Morgan fingerprint density at radius 3 is 2.28 bits per heavy atom. The average Bonchev–Trinajstić information content (AvgIpc) is 3.80. The molecular weight excluding hydrogens is 775 g/mol. The van der Waals surface area contributed by atoms with Gasteiger partial charge in [0.15, 0.2) is 17.7 Å². The number of unbranched alkanes of at least 4 members (excludes halogenated alkanes) is 1. The van der Waals surface area contributed by atoms with Crippen LogP contribution in [0.2, 0.25) is 0 Å². The maximum atomic E-state index is 14.7. The Morgan fingerprint density at radius 2 is 1.67 bits per heavy atom. The molecular formula is C44H67N5O11. The van der Waals surface area contributed by atoms with Crippen molar-refractivity contribution in [3.63, 3.8) is 0 Å². The number of methoxy groups -OCH3 is 2. The van der Waals surface area contributed by atoms with Gasteiger partial charge >= 0.3 is 12.1 Å². The number of aliphatic hydroxyl groups excluding tert-OH is 1. The third-order valence-corrected chi connectivity index (χ3v) is 13.1. The number of esters is 1. The molecule has 2 aromatic rings. The molecule has 16 nitrogen and oxygen atoms in total. The fourth-order valence-electron chi connectivity index (χ4n) is 9.57. The first-order valence-corrected chi connectivity index (χ1v) is 21.3. The predicted octanol–water partition coefficient (Wildman–Crippen LogP) is 4.94. The number of carbonyl (C=O) groups excluding carboxylic acids is 4. The van der Waals surface area contributed by atoms with Gasteiger partial charge in [0.1, 0.15) is 23.9 Å². The number of fused-ring (bicyclic) bond motifs is 1. The lowest BCUT2D eigenvalue weighted by atomic mass is 9.73. The number of likely N-dealkylation sites (N-methyl/N-ethyl adjacent to an activating group) is 1. The highest BCUT2D eigenvalue weighted by atomic mass is 16.7. The summed E-state index contributed by atoms with van der Waals surface area (Å²) in [6.45, 7) is 14.9. The van der Waals surface area contributed by atoms with E-state index in [1.54, 1.807) is 58.3 Å². The highest BCUT2D eigenvalue weighted by Crippen LogP contribution is 2.43. The number of amides is 1. The molecule has 3 aliphatic heterocycles. The summed E-state index contributed by atoms with van der Waals surface area (Å²) >= 11 is 0.